The van der Waals surface area contributed by atoms with Gasteiger partial charge in [0.05, 0.1) is 12.7 Å². The quantitative estimate of drug-likeness (QED) is 0.545. The molecule has 0 aliphatic heterocycles. The van der Waals surface area contributed by atoms with Crippen LogP contribution in [0.3, 0.4) is 0 Å². The largest absolute Gasteiger partial charge is 0.496 e. The van der Waals surface area contributed by atoms with E-state index in [-0.39, 0.29) is 11.3 Å². The second-order valence-corrected chi connectivity index (χ2v) is 3.70. The van der Waals surface area contributed by atoms with Gasteiger partial charge in [0.1, 0.15) is 11.6 Å². The molecule has 0 saturated heterocycles. The molecule has 0 spiro atoms. The van der Waals surface area contributed by atoms with Crippen LogP contribution in [0.4, 0.5) is 4.39 Å². The molecule has 0 aromatic heterocycles. The number of unbranched alkanes of at least 4 members (excludes halogenated alkanes) is 2. The van der Waals surface area contributed by atoms with Gasteiger partial charge in [-0.25, -0.2) is 4.39 Å². The number of Topliss-reactive ketones (excluding diaryl/α,β-unsaturated/α-hetero) is 1. The maximum Gasteiger partial charge on any atom is 0.169 e. The van der Waals surface area contributed by atoms with Crippen molar-refractivity contribution in [2.45, 2.75) is 32.6 Å². The highest BCUT2D eigenvalue weighted by Crippen LogP contribution is 2.23. The first-order valence-electron chi connectivity index (χ1n) is 5.56. The van der Waals surface area contributed by atoms with Crippen LogP contribution in [0.25, 0.3) is 0 Å². The molecule has 0 bridgehead atoms. The van der Waals surface area contributed by atoms with Crippen LogP contribution in [0, 0.1) is 5.82 Å². The first-order valence-corrected chi connectivity index (χ1v) is 5.56. The van der Waals surface area contributed by atoms with Crippen molar-refractivity contribution in [1.29, 1.82) is 0 Å². The maximum atomic E-state index is 13.5. The van der Waals surface area contributed by atoms with E-state index < -0.39 is 5.82 Å². The summed E-state index contributed by atoms with van der Waals surface area (Å²) in [6, 6.07) is 4.43. The summed E-state index contributed by atoms with van der Waals surface area (Å²) in [7, 11) is 1.44. The van der Waals surface area contributed by atoms with Crippen molar-refractivity contribution >= 4 is 5.78 Å². The highest BCUT2D eigenvalue weighted by atomic mass is 19.1. The van der Waals surface area contributed by atoms with Gasteiger partial charge in [-0.1, -0.05) is 25.8 Å². The van der Waals surface area contributed by atoms with Crippen molar-refractivity contribution in [2.24, 2.45) is 0 Å². The van der Waals surface area contributed by atoms with Crippen LogP contribution < -0.4 is 4.74 Å². The van der Waals surface area contributed by atoms with Gasteiger partial charge in [0.15, 0.2) is 5.78 Å². The van der Waals surface area contributed by atoms with E-state index in [4.69, 9.17) is 4.74 Å². The lowest BCUT2D eigenvalue weighted by Gasteiger charge is -2.08. The molecule has 1 aromatic rings. The molecule has 3 heteroatoms. The number of carbonyl (C=O) groups is 1. The second kappa shape index (κ2) is 6.26. The van der Waals surface area contributed by atoms with Gasteiger partial charge < -0.3 is 4.74 Å². The standard InChI is InChI=1S/C13H17FO2/c1-3-4-5-8-11(15)13-10(14)7-6-9-12(13)16-2/h6-7,9H,3-5,8H2,1-2H3. The first-order chi connectivity index (χ1) is 7.70. The van der Waals surface area contributed by atoms with Gasteiger partial charge in [-0.3, -0.25) is 4.79 Å². The van der Waals surface area contributed by atoms with Crippen LogP contribution in [0.5, 0.6) is 5.75 Å². The highest BCUT2D eigenvalue weighted by Gasteiger charge is 2.16. The molecule has 2 nitrogen and oxygen atoms in total. The lowest BCUT2D eigenvalue weighted by atomic mass is 10.0. The number of hydrogen-bond donors (Lipinski definition) is 0. The van der Waals surface area contributed by atoms with Crippen LogP contribution in [0.15, 0.2) is 18.2 Å². The Morgan fingerprint density at radius 2 is 2.12 bits per heavy atom. The van der Waals surface area contributed by atoms with Crippen LogP contribution in [0.2, 0.25) is 0 Å². The second-order valence-electron chi connectivity index (χ2n) is 3.70. The van der Waals surface area contributed by atoms with E-state index >= 15 is 0 Å². The number of ketones is 1. The molecule has 0 aliphatic rings. The zero-order chi connectivity index (χ0) is 12.0. The van der Waals surface area contributed by atoms with E-state index in [2.05, 4.69) is 6.92 Å². The lowest BCUT2D eigenvalue weighted by molar-refractivity contribution is 0.0972. The van der Waals surface area contributed by atoms with Crippen molar-refractivity contribution in [3.05, 3.63) is 29.6 Å². The average Bonchev–Trinajstić information content (AvgIpc) is 2.28. The van der Waals surface area contributed by atoms with Crippen molar-refractivity contribution in [2.75, 3.05) is 7.11 Å². The van der Waals surface area contributed by atoms with Crippen LogP contribution >= 0.6 is 0 Å². The van der Waals surface area contributed by atoms with Crippen LogP contribution in [0.1, 0.15) is 43.0 Å². The normalized spacial score (nSPS) is 10.2. The van der Waals surface area contributed by atoms with E-state index in [0.717, 1.165) is 19.3 Å². The predicted octanol–water partition coefficient (Wildman–Crippen LogP) is 3.60. The fraction of sp³-hybridized carbons (Fsp3) is 0.462. The summed E-state index contributed by atoms with van der Waals surface area (Å²) in [6.07, 6.45) is 3.21. The minimum atomic E-state index is -0.499. The molecule has 1 rings (SSSR count). The minimum absolute atomic E-state index is 0.0844. The van der Waals surface area contributed by atoms with Crippen molar-refractivity contribution < 1.29 is 13.9 Å². The number of halogens is 1. The lowest BCUT2D eigenvalue weighted by Crippen LogP contribution is -2.05. The van der Waals surface area contributed by atoms with Crippen molar-refractivity contribution in [3.63, 3.8) is 0 Å². The molecule has 0 radical (unpaired) electrons. The zero-order valence-corrected chi connectivity index (χ0v) is 9.75. The Balaban J connectivity index is 2.81. The molecule has 0 atom stereocenters. The molecule has 0 amide bonds. The third-order valence-electron chi connectivity index (χ3n) is 2.48. The Hall–Kier alpha value is -1.38. The average molecular weight is 224 g/mol. The smallest absolute Gasteiger partial charge is 0.169 e. The molecular weight excluding hydrogens is 207 g/mol. The van der Waals surface area contributed by atoms with Gasteiger partial charge in [-0.15, -0.1) is 0 Å². The van der Waals surface area contributed by atoms with E-state index in [9.17, 15) is 9.18 Å². The number of carbonyl (C=O) groups excluding carboxylic acids is 1. The third kappa shape index (κ3) is 3.05. The Kier molecular flexibility index (Phi) is 4.96. The van der Waals surface area contributed by atoms with Gasteiger partial charge in [0, 0.05) is 6.42 Å². The number of methoxy groups -OCH3 is 1. The van der Waals surface area contributed by atoms with Crippen molar-refractivity contribution in [1.82, 2.24) is 0 Å². The van der Waals surface area contributed by atoms with Gasteiger partial charge in [-0.05, 0) is 18.6 Å². The predicted molar refractivity (Wildman–Crippen MR) is 61.4 cm³/mol. The molecule has 0 heterocycles. The fourth-order valence-electron chi connectivity index (χ4n) is 1.61. The summed E-state index contributed by atoms with van der Waals surface area (Å²) in [5, 5.41) is 0. The van der Waals surface area contributed by atoms with Crippen LogP contribution in [-0.2, 0) is 0 Å². The van der Waals surface area contributed by atoms with Gasteiger partial charge in [0.25, 0.3) is 0 Å². The summed E-state index contributed by atoms with van der Waals surface area (Å²) >= 11 is 0. The minimum Gasteiger partial charge on any atom is -0.496 e. The van der Waals surface area contributed by atoms with Gasteiger partial charge in [0.2, 0.25) is 0 Å². The molecule has 0 fully saturated rings. The monoisotopic (exact) mass is 224 g/mol. The Morgan fingerprint density at radius 3 is 2.75 bits per heavy atom. The van der Waals surface area contributed by atoms with E-state index in [0.29, 0.717) is 12.2 Å². The van der Waals surface area contributed by atoms with Crippen LogP contribution in [-0.4, -0.2) is 12.9 Å². The fourth-order valence-corrected chi connectivity index (χ4v) is 1.61. The molecule has 88 valence electrons. The summed E-state index contributed by atoms with van der Waals surface area (Å²) < 4.78 is 18.5. The number of hydrogen-bond acceptors (Lipinski definition) is 2. The van der Waals surface area contributed by atoms with Gasteiger partial charge in [-0.2, -0.15) is 0 Å². The highest BCUT2D eigenvalue weighted by molar-refractivity contribution is 5.98. The maximum absolute atomic E-state index is 13.5. The molecule has 0 aliphatic carbocycles. The Bertz CT molecular complexity index is 361. The van der Waals surface area contributed by atoms with E-state index in [1.807, 2.05) is 0 Å². The SMILES string of the molecule is CCCCCC(=O)c1c(F)cccc1OC. The molecule has 0 unspecified atom stereocenters. The Labute approximate surface area is 95.4 Å². The molecule has 1 aromatic carbocycles. The summed E-state index contributed by atoms with van der Waals surface area (Å²) in [4.78, 5) is 11.8. The third-order valence-corrected chi connectivity index (χ3v) is 2.48. The zero-order valence-electron chi connectivity index (χ0n) is 9.75. The molecule has 0 saturated carbocycles. The summed E-state index contributed by atoms with van der Waals surface area (Å²) in [6.45, 7) is 2.06. The summed E-state index contributed by atoms with van der Waals surface area (Å²) in [5.74, 6) is -0.356. The molecule has 0 N–H and O–H groups in total. The molecular formula is C13H17FO2. The van der Waals surface area contributed by atoms with Gasteiger partial charge >= 0.3 is 0 Å². The van der Waals surface area contributed by atoms with E-state index in [1.54, 1.807) is 6.07 Å². The number of rotatable bonds is 6. The topological polar surface area (TPSA) is 26.3 Å². The van der Waals surface area contributed by atoms with E-state index in [1.165, 1.54) is 19.2 Å². The summed E-state index contributed by atoms with van der Waals surface area (Å²) in [5.41, 5.74) is 0.0844. The first kappa shape index (κ1) is 12.7. The Morgan fingerprint density at radius 1 is 1.38 bits per heavy atom. The number of ether oxygens (including phenoxy) is 1. The number of benzene rings is 1. The van der Waals surface area contributed by atoms with Crippen molar-refractivity contribution in [3.8, 4) is 5.75 Å². The molecule has 16 heavy (non-hydrogen) atoms.